The van der Waals surface area contributed by atoms with Crippen molar-refractivity contribution in [3.05, 3.63) is 28.2 Å². The predicted molar refractivity (Wildman–Crippen MR) is 71.4 cm³/mol. The molecule has 1 N–H and O–H groups in total. The molecule has 1 rings (SSSR count). The summed E-state index contributed by atoms with van der Waals surface area (Å²) in [6, 6.07) is 6.30. The second-order valence-corrected chi connectivity index (χ2v) is 4.83. The molecule has 0 saturated carbocycles. The lowest BCUT2D eigenvalue weighted by atomic mass is 10.0. The van der Waals surface area contributed by atoms with E-state index in [4.69, 9.17) is 0 Å². The van der Waals surface area contributed by atoms with Gasteiger partial charge < -0.3 is 5.32 Å². The molecular weight excluding hydrogens is 250 g/mol. The highest BCUT2D eigenvalue weighted by atomic mass is 79.9. The standard InChI is InChI=1S/C13H20BrN/c1-4-11(5-2)9-15-13-8-6-7-12(14)10(13)3/h6-8,11,15H,4-5,9H2,1-3H3. The third-order valence-electron chi connectivity index (χ3n) is 3.00. The van der Waals surface area contributed by atoms with Crippen molar-refractivity contribution in [2.24, 2.45) is 5.92 Å². The van der Waals surface area contributed by atoms with Crippen molar-refractivity contribution in [2.75, 3.05) is 11.9 Å². The van der Waals surface area contributed by atoms with E-state index in [2.05, 4.69) is 60.2 Å². The average molecular weight is 270 g/mol. The molecule has 0 bridgehead atoms. The van der Waals surface area contributed by atoms with Gasteiger partial charge in [-0.25, -0.2) is 0 Å². The van der Waals surface area contributed by atoms with Crippen LogP contribution in [0.25, 0.3) is 0 Å². The zero-order chi connectivity index (χ0) is 11.3. The van der Waals surface area contributed by atoms with Gasteiger partial charge in [-0.3, -0.25) is 0 Å². The van der Waals surface area contributed by atoms with Crippen LogP contribution in [0.3, 0.4) is 0 Å². The molecule has 0 aliphatic carbocycles. The van der Waals surface area contributed by atoms with Crippen LogP contribution < -0.4 is 5.32 Å². The fraction of sp³-hybridized carbons (Fsp3) is 0.538. The summed E-state index contributed by atoms with van der Waals surface area (Å²) in [7, 11) is 0. The summed E-state index contributed by atoms with van der Waals surface area (Å²) in [5.74, 6) is 0.781. The van der Waals surface area contributed by atoms with Crippen LogP contribution in [0.2, 0.25) is 0 Å². The van der Waals surface area contributed by atoms with Crippen LogP contribution in [0.1, 0.15) is 32.3 Å². The molecule has 1 nitrogen and oxygen atoms in total. The van der Waals surface area contributed by atoms with E-state index in [-0.39, 0.29) is 0 Å². The first kappa shape index (κ1) is 12.6. The Balaban J connectivity index is 2.61. The quantitative estimate of drug-likeness (QED) is 0.824. The van der Waals surface area contributed by atoms with Gasteiger partial charge in [0.15, 0.2) is 0 Å². The summed E-state index contributed by atoms with van der Waals surface area (Å²) in [6.07, 6.45) is 2.49. The third kappa shape index (κ3) is 3.53. The first-order valence-corrected chi connectivity index (χ1v) is 6.47. The van der Waals surface area contributed by atoms with Gasteiger partial charge in [-0.1, -0.05) is 48.7 Å². The number of nitrogens with one attached hydrogen (secondary N) is 1. The predicted octanol–water partition coefficient (Wildman–Crippen LogP) is 4.61. The first-order chi connectivity index (χ1) is 7.19. The monoisotopic (exact) mass is 269 g/mol. The molecule has 84 valence electrons. The summed E-state index contributed by atoms with van der Waals surface area (Å²) >= 11 is 3.55. The Morgan fingerprint density at radius 1 is 1.27 bits per heavy atom. The molecule has 0 spiro atoms. The Kier molecular flexibility index (Phi) is 5.16. The zero-order valence-corrected chi connectivity index (χ0v) is 11.4. The van der Waals surface area contributed by atoms with Crippen LogP contribution in [-0.4, -0.2) is 6.54 Å². The number of anilines is 1. The van der Waals surface area contributed by atoms with Gasteiger partial charge in [-0.2, -0.15) is 0 Å². The van der Waals surface area contributed by atoms with Crippen LogP contribution in [0.5, 0.6) is 0 Å². The highest BCUT2D eigenvalue weighted by Gasteiger charge is 2.05. The third-order valence-corrected chi connectivity index (χ3v) is 3.86. The molecule has 2 heteroatoms. The van der Waals surface area contributed by atoms with Crippen molar-refractivity contribution >= 4 is 21.6 Å². The van der Waals surface area contributed by atoms with Gasteiger partial charge in [0.2, 0.25) is 0 Å². The normalized spacial score (nSPS) is 10.7. The number of halogens is 1. The molecular formula is C13H20BrN. The number of hydrogen-bond acceptors (Lipinski definition) is 1. The molecule has 0 unspecified atom stereocenters. The highest BCUT2D eigenvalue weighted by molar-refractivity contribution is 9.10. The average Bonchev–Trinajstić information content (AvgIpc) is 2.25. The van der Waals surface area contributed by atoms with Gasteiger partial charge in [0.25, 0.3) is 0 Å². The van der Waals surface area contributed by atoms with Crippen molar-refractivity contribution in [1.29, 1.82) is 0 Å². The molecule has 0 amide bonds. The number of rotatable bonds is 5. The smallest absolute Gasteiger partial charge is 0.0381 e. The van der Waals surface area contributed by atoms with E-state index in [1.54, 1.807) is 0 Å². The van der Waals surface area contributed by atoms with E-state index in [1.807, 2.05) is 0 Å². The molecule has 15 heavy (non-hydrogen) atoms. The van der Waals surface area contributed by atoms with Crippen LogP contribution in [0.4, 0.5) is 5.69 Å². The second-order valence-electron chi connectivity index (χ2n) is 3.98. The minimum atomic E-state index is 0.781. The molecule has 1 aromatic rings. The summed E-state index contributed by atoms with van der Waals surface area (Å²) in [5, 5.41) is 3.53. The van der Waals surface area contributed by atoms with Crippen molar-refractivity contribution in [2.45, 2.75) is 33.6 Å². The molecule has 0 aromatic heterocycles. The van der Waals surface area contributed by atoms with E-state index in [9.17, 15) is 0 Å². The topological polar surface area (TPSA) is 12.0 Å². The fourth-order valence-electron chi connectivity index (χ4n) is 1.63. The molecule has 0 aliphatic heterocycles. The van der Waals surface area contributed by atoms with E-state index >= 15 is 0 Å². The van der Waals surface area contributed by atoms with Crippen LogP contribution in [0.15, 0.2) is 22.7 Å². The molecule has 0 heterocycles. The maximum atomic E-state index is 3.55. The molecule has 1 aromatic carbocycles. The molecule has 0 atom stereocenters. The molecule has 0 radical (unpaired) electrons. The summed E-state index contributed by atoms with van der Waals surface area (Å²) in [5.41, 5.74) is 2.54. The summed E-state index contributed by atoms with van der Waals surface area (Å²) in [4.78, 5) is 0. The lowest BCUT2D eigenvalue weighted by molar-refractivity contribution is 0.519. The largest absolute Gasteiger partial charge is 0.385 e. The summed E-state index contributed by atoms with van der Waals surface area (Å²) < 4.78 is 1.18. The maximum Gasteiger partial charge on any atom is 0.0381 e. The van der Waals surface area contributed by atoms with E-state index in [1.165, 1.54) is 28.6 Å². The molecule has 0 fully saturated rings. The maximum absolute atomic E-state index is 3.55. The Labute approximate surface area is 101 Å². The zero-order valence-electron chi connectivity index (χ0n) is 9.81. The van der Waals surface area contributed by atoms with Crippen LogP contribution in [0, 0.1) is 12.8 Å². The minimum Gasteiger partial charge on any atom is -0.385 e. The van der Waals surface area contributed by atoms with Crippen molar-refractivity contribution in [3.63, 3.8) is 0 Å². The van der Waals surface area contributed by atoms with Crippen LogP contribution >= 0.6 is 15.9 Å². The van der Waals surface area contributed by atoms with Gasteiger partial charge in [-0.05, 0) is 30.5 Å². The van der Waals surface area contributed by atoms with Crippen molar-refractivity contribution in [3.8, 4) is 0 Å². The molecule has 0 saturated heterocycles. The van der Waals surface area contributed by atoms with Gasteiger partial charge in [-0.15, -0.1) is 0 Å². The second kappa shape index (κ2) is 6.16. The minimum absolute atomic E-state index is 0.781. The van der Waals surface area contributed by atoms with E-state index in [0.717, 1.165) is 12.5 Å². The first-order valence-electron chi connectivity index (χ1n) is 5.68. The lowest BCUT2D eigenvalue weighted by Gasteiger charge is -2.16. The van der Waals surface area contributed by atoms with Crippen LogP contribution in [-0.2, 0) is 0 Å². The summed E-state index contributed by atoms with van der Waals surface area (Å²) in [6.45, 7) is 7.72. The van der Waals surface area contributed by atoms with E-state index in [0.29, 0.717) is 0 Å². The van der Waals surface area contributed by atoms with Gasteiger partial charge in [0, 0.05) is 16.7 Å². The van der Waals surface area contributed by atoms with Gasteiger partial charge in [0.05, 0.1) is 0 Å². The van der Waals surface area contributed by atoms with E-state index < -0.39 is 0 Å². The Hall–Kier alpha value is -0.500. The van der Waals surface area contributed by atoms with Gasteiger partial charge >= 0.3 is 0 Å². The number of hydrogen-bond donors (Lipinski definition) is 1. The lowest BCUT2D eigenvalue weighted by Crippen LogP contribution is -2.13. The Morgan fingerprint density at radius 3 is 2.53 bits per heavy atom. The van der Waals surface area contributed by atoms with Gasteiger partial charge in [0.1, 0.15) is 0 Å². The SMILES string of the molecule is CCC(CC)CNc1cccc(Br)c1C. The van der Waals surface area contributed by atoms with Crippen molar-refractivity contribution in [1.82, 2.24) is 0 Å². The molecule has 0 aliphatic rings. The Morgan fingerprint density at radius 2 is 1.93 bits per heavy atom. The Bertz CT molecular complexity index is 305. The highest BCUT2D eigenvalue weighted by Crippen LogP contribution is 2.23. The number of benzene rings is 1. The fourth-order valence-corrected chi connectivity index (χ4v) is 2.00. The van der Waals surface area contributed by atoms with Crippen molar-refractivity contribution < 1.29 is 0 Å².